The van der Waals surface area contributed by atoms with Crippen LogP contribution in [-0.4, -0.2) is 19.8 Å². The van der Waals surface area contributed by atoms with Crippen LogP contribution < -0.4 is 5.32 Å². The van der Waals surface area contributed by atoms with Gasteiger partial charge >= 0.3 is 0 Å². The molecule has 1 N–H and O–H groups in total. The molecule has 0 atom stereocenters. The largest absolute Gasteiger partial charge is 0.385 e. The van der Waals surface area contributed by atoms with Crippen molar-refractivity contribution in [3.63, 3.8) is 0 Å². The fraction of sp³-hybridized carbons (Fsp3) is 0.333. The minimum absolute atomic E-state index is 0.796. The highest BCUT2D eigenvalue weighted by Crippen LogP contribution is 2.18. The second-order valence-corrected chi connectivity index (χ2v) is 4.80. The molecule has 0 aliphatic carbocycles. The van der Waals surface area contributed by atoms with Gasteiger partial charge in [0, 0.05) is 25.4 Å². The maximum absolute atomic E-state index is 5.36. The van der Waals surface area contributed by atoms with Crippen molar-refractivity contribution in [3.05, 3.63) is 65.7 Å². The van der Waals surface area contributed by atoms with Crippen molar-refractivity contribution >= 4 is 5.69 Å². The molecule has 0 fully saturated rings. The van der Waals surface area contributed by atoms with E-state index in [4.69, 9.17) is 4.74 Å². The van der Waals surface area contributed by atoms with E-state index in [-0.39, 0.29) is 0 Å². The van der Waals surface area contributed by atoms with E-state index in [1.165, 1.54) is 16.8 Å². The molecule has 0 bridgehead atoms. The molecule has 20 heavy (non-hydrogen) atoms. The van der Waals surface area contributed by atoms with Crippen LogP contribution in [-0.2, 0) is 11.2 Å². The summed E-state index contributed by atoms with van der Waals surface area (Å²) in [6.07, 6.45) is 2.00. The first-order valence-corrected chi connectivity index (χ1v) is 7.33. The normalized spacial score (nSPS) is 10.4. The van der Waals surface area contributed by atoms with Gasteiger partial charge in [0.1, 0.15) is 0 Å². The Morgan fingerprint density at radius 3 is 2.50 bits per heavy atom. The molecule has 0 aliphatic rings. The highest BCUT2D eigenvalue weighted by atomic mass is 16.5. The number of nitrogens with one attached hydrogen (secondary N) is 1. The molecule has 0 radical (unpaired) electrons. The quantitative estimate of drug-likeness (QED) is 0.728. The topological polar surface area (TPSA) is 21.3 Å². The lowest BCUT2D eigenvalue weighted by atomic mass is 10.0. The second-order valence-electron chi connectivity index (χ2n) is 4.80. The molecule has 2 nitrogen and oxygen atoms in total. The van der Waals surface area contributed by atoms with Gasteiger partial charge < -0.3 is 10.1 Å². The van der Waals surface area contributed by atoms with E-state index in [2.05, 4.69) is 59.9 Å². The van der Waals surface area contributed by atoms with Crippen molar-refractivity contribution < 1.29 is 4.74 Å². The van der Waals surface area contributed by atoms with Gasteiger partial charge in [-0.2, -0.15) is 0 Å². The maximum Gasteiger partial charge on any atom is 0.0482 e. The molecule has 2 heteroatoms. The SMILES string of the molecule is CCOCCCNc1ccccc1Cc1ccccc1. The molecule has 0 unspecified atom stereocenters. The monoisotopic (exact) mass is 269 g/mol. The van der Waals surface area contributed by atoms with Gasteiger partial charge in [-0.3, -0.25) is 0 Å². The third kappa shape index (κ3) is 4.71. The predicted molar refractivity (Wildman–Crippen MR) is 85.3 cm³/mol. The van der Waals surface area contributed by atoms with Crippen molar-refractivity contribution in [2.24, 2.45) is 0 Å². The van der Waals surface area contributed by atoms with Crippen molar-refractivity contribution in [1.29, 1.82) is 0 Å². The molecule has 0 saturated heterocycles. The van der Waals surface area contributed by atoms with Gasteiger partial charge in [-0.1, -0.05) is 48.5 Å². The Morgan fingerprint density at radius 2 is 1.70 bits per heavy atom. The molecular formula is C18H23NO. The molecule has 0 amide bonds. The van der Waals surface area contributed by atoms with Gasteiger partial charge in [-0.15, -0.1) is 0 Å². The van der Waals surface area contributed by atoms with Crippen LogP contribution in [0.1, 0.15) is 24.5 Å². The maximum atomic E-state index is 5.36. The molecule has 2 aromatic rings. The minimum Gasteiger partial charge on any atom is -0.385 e. The van der Waals surface area contributed by atoms with Gasteiger partial charge in [0.2, 0.25) is 0 Å². The lowest BCUT2D eigenvalue weighted by Crippen LogP contribution is -2.07. The molecule has 106 valence electrons. The van der Waals surface area contributed by atoms with Crippen LogP contribution in [0.3, 0.4) is 0 Å². The lowest BCUT2D eigenvalue weighted by Gasteiger charge is -2.12. The number of benzene rings is 2. The second kappa shape index (κ2) is 8.39. The molecule has 0 spiro atoms. The Bertz CT molecular complexity index is 496. The predicted octanol–water partition coefficient (Wildman–Crippen LogP) is 4.12. The highest BCUT2D eigenvalue weighted by Gasteiger charge is 2.02. The van der Waals surface area contributed by atoms with Gasteiger partial charge in [0.25, 0.3) is 0 Å². The summed E-state index contributed by atoms with van der Waals surface area (Å²) in [6, 6.07) is 19.1. The number of anilines is 1. The standard InChI is InChI=1S/C18H23NO/c1-2-20-14-8-13-19-18-12-7-6-11-17(18)15-16-9-4-3-5-10-16/h3-7,9-12,19H,2,8,13-15H2,1H3. The number of rotatable bonds is 8. The zero-order chi connectivity index (χ0) is 14.0. The average molecular weight is 269 g/mol. The van der Waals surface area contributed by atoms with E-state index in [1.54, 1.807) is 0 Å². The summed E-state index contributed by atoms with van der Waals surface area (Å²) in [4.78, 5) is 0. The van der Waals surface area contributed by atoms with Crippen LogP contribution in [0.2, 0.25) is 0 Å². The summed E-state index contributed by atoms with van der Waals surface area (Å²) in [6.45, 7) is 4.60. The summed E-state index contributed by atoms with van der Waals surface area (Å²) >= 11 is 0. The zero-order valence-electron chi connectivity index (χ0n) is 12.1. The molecule has 0 saturated carbocycles. The average Bonchev–Trinajstić information content (AvgIpc) is 2.50. The van der Waals surface area contributed by atoms with Crippen LogP contribution in [0.5, 0.6) is 0 Å². The number of hydrogen-bond donors (Lipinski definition) is 1. The first-order valence-electron chi connectivity index (χ1n) is 7.33. The fourth-order valence-electron chi connectivity index (χ4n) is 2.20. The summed E-state index contributed by atoms with van der Waals surface area (Å²) in [7, 11) is 0. The first-order chi connectivity index (χ1) is 9.90. The van der Waals surface area contributed by atoms with Crippen LogP contribution in [0.25, 0.3) is 0 Å². The van der Waals surface area contributed by atoms with Crippen LogP contribution in [0.15, 0.2) is 54.6 Å². The molecule has 0 aliphatic heterocycles. The summed E-state index contributed by atoms with van der Waals surface area (Å²) in [5.74, 6) is 0. The Labute approximate surface area is 121 Å². The van der Waals surface area contributed by atoms with Gasteiger partial charge in [0.15, 0.2) is 0 Å². The lowest BCUT2D eigenvalue weighted by molar-refractivity contribution is 0.147. The zero-order valence-corrected chi connectivity index (χ0v) is 12.1. The first kappa shape index (κ1) is 14.6. The molecule has 2 aromatic carbocycles. The third-order valence-electron chi connectivity index (χ3n) is 3.24. The van der Waals surface area contributed by atoms with E-state index >= 15 is 0 Å². The molecular weight excluding hydrogens is 246 g/mol. The number of para-hydroxylation sites is 1. The molecule has 0 heterocycles. The van der Waals surface area contributed by atoms with Gasteiger partial charge in [0.05, 0.1) is 0 Å². The Morgan fingerprint density at radius 1 is 0.950 bits per heavy atom. The summed E-state index contributed by atoms with van der Waals surface area (Å²) < 4.78 is 5.36. The molecule has 0 aromatic heterocycles. The minimum atomic E-state index is 0.796. The molecule has 2 rings (SSSR count). The van der Waals surface area contributed by atoms with E-state index in [1.807, 2.05) is 6.92 Å². The van der Waals surface area contributed by atoms with E-state index in [0.717, 1.165) is 32.6 Å². The van der Waals surface area contributed by atoms with Crippen molar-refractivity contribution in [1.82, 2.24) is 0 Å². The number of ether oxygens (including phenoxy) is 1. The fourth-order valence-corrected chi connectivity index (χ4v) is 2.20. The van der Waals surface area contributed by atoms with Crippen molar-refractivity contribution in [3.8, 4) is 0 Å². The van der Waals surface area contributed by atoms with Crippen molar-refractivity contribution in [2.45, 2.75) is 19.8 Å². The van der Waals surface area contributed by atoms with Crippen LogP contribution >= 0.6 is 0 Å². The Hall–Kier alpha value is -1.80. The Balaban J connectivity index is 1.92. The third-order valence-corrected chi connectivity index (χ3v) is 3.24. The van der Waals surface area contributed by atoms with Gasteiger partial charge in [-0.25, -0.2) is 0 Å². The summed E-state index contributed by atoms with van der Waals surface area (Å²) in [5.41, 5.74) is 3.92. The van der Waals surface area contributed by atoms with Gasteiger partial charge in [-0.05, 0) is 37.0 Å². The highest BCUT2D eigenvalue weighted by molar-refractivity contribution is 5.52. The van der Waals surface area contributed by atoms with Crippen LogP contribution in [0, 0.1) is 0 Å². The van der Waals surface area contributed by atoms with E-state index < -0.39 is 0 Å². The van der Waals surface area contributed by atoms with E-state index in [0.29, 0.717) is 0 Å². The Kier molecular flexibility index (Phi) is 6.12. The number of hydrogen-bond acceptors (Lipinski definition) is 2. The smallest absolute Gasteiger partial charge is 0.0482 e. The summed E-state index contributed by atoms with van der Waals surface area (Å²) in [5, 5.41) is 3.51. The van der Waals surface area contributed by atoms with E-state index in [9.17, 15) is 0 Å². The van der Waals surface area contributed by atoms with Crippen LogP contribution in [0.4, 0.5) is 5.69 Å². The van der Waals surface area contributed by atoms with Crippen molar-refractivity contribution in [2.75, 3.05) is 25.1 Å².